The molecule has 3 rings (SSSR count). The molecule has 0 aromatic heterocycles. The number of carbonyl (C=O) groups excluding carboxylic acids is 2. The number of anilines is 1. The minimum absolute atomic E-state index is 0.0714. The second-order valence-corrected chi connectivity index (χ2v) is 11.3. The Morgan fingerprint density at radius 3 is 2.12 bits per heavy atom. The van der Waals surface area contributed by atoms with Crippen molar-refractivity contribution in [3.63, 3.8) is 0 Å². The van der Waals surface area contributed by atoms with Crippen LogP contribution in [0.25, 0.3) is 0 Å². The molecule has 8 nitrogen and oxygen atoms in total. The van der Waals surface area contributed by atoms with Crippen molar-refractivity contribution in [1.82, 2.24) is 10.2 Å². The van der Waals surface area contributed by atoms with Gasteiger partial charge in [0.2, 0.25) is 11.8 Å². The van der Waals surface area contributed by atoms with Crippen molar-refractivity contribution in [2.24, 2.45) is 0 Å². The molecule has 0 fully saturated rings. The lowest BCUT2D eigenvalue weighted by molar-refractivity contribution is -0.140. The number of benzene rings is 3. The van der Waals surface area contributed by atoms with Crippen LogP contribution in [0, 0.1) is 6.92 Å². The molecule has 0 aliphatic heterocycles. The molecule has 0 spiro atoms. The van der Waals surface area contributed by atoms with E-state index in [1.54, 1.807) is 36.4 Å². The summed E-state index contributed by atoms with van der Waals surface area (Å²) < 4.78 is 34.5. The summed E-state index contributed by atoms with van der Waals surface area (Å²) in [5.41, 5.74) is 2.08. The molecule has 214 valence electrons. The van der Waals surface area contributed by atoms with Gasteiger partial charge in [-0.3, -0.25) is 13.9 Å². The van der Waals surface area contributed by atoms with Crippen LogP contribution in [0.2, 0.25) is 0 Å². The average Bonchev–Trinajstić information content (AvgIpc) is 2.96. The Balaban J connectivity index is 2.04. The zero-order valence-electron chi connectivity index (χ0n) is 23.7. The van der Waals surface area contributed by atoms with E-state index in [2.05, 4.69) is 5.32 Å². The molecule has 1 unspecified atom stereocenters. The van der Waals surface area contributed by atoms with E-state index in [-0.39, 0.29) is 17.3 Å². The summed E-state index contributed by atoms with van der Waals surface area (Å²) in [4.78, 5) is 28.7. The highest BCUT2D eigenvalue weighted by Crippen LogP contribution is 2.27. The molecule has 9 heteroatoms. The van der Waals surface area contributed by atoms with Gasteiger partial charge in [-0.05, 0) is 68.7 Å². The van der Waals surface area contributed by atoms with E-state index in [4.69, 9.17) is 4.74 Å². The molecule has 0 aliphatic carbocycles. The Labute approximate surface area is 238 Å². The summed E-state index contributed by atoms with van der Waals surface area (Å²) in [6.45, 7) is 8.18. The first-order chi connectivity index (χ1) is 19.2. The molecular formula is C31H39N3O5S. The van der Waals surface area contributed by atoms with Crippen LogP contribution < -0.4 is 14.4 Å². The van der Waals surface area contributed by atoms with Crippen molar-refractivity contribution in [3.8, 4) is 5.75 Å². The van der Waals surface area contributed by atoms with Gasteiger partial charge in [-0.2, -0.15) is 0 Å². The fourth-order valence-electron chi connectivity index (χ4n) is 4.31. The zero-order valence-corrected chi connectivity index (χ0v) is 24.5. The zero-order chi connectivity index (χ0) is 29.1. The number of hydrogen-bond acceptors (Lipinski definition) is 5. The fourth-order valence-corrected chi connectivity index (χ4v) is 5.72. The number of nitrogens with one attached hydrogen (secondary N) is 1. The molecule has 0 saturated carbocycles. The van der Waals surface area contributed by atoms with Crippen LogP contribution in [0.3, 0.4) is 0 Å². The second-order valence-electron chi connectivity index (χ2n) is 9.47. The molecule has 2 amide bonds. The lowest BCUT2D eigenvalue weighted by Crippen LogP contribution is -2.52. The van der Waals surface area contributed by atoms with Crippen LogP contribution in [-0.2, 0) is 26.2 Å². The maximum absolute atomic E-state index is 14.0. The highest BCUT2D eigenvalue weighted by molar-refractivity contribution is 7.92. The monoisotopic (exact) mass is 565 g/mol. The van der Waals surface area contributed by atoms with Crippen LogP contribution in [0.5, 0.6) is 5.75 Å². The number of carbonyl (C=O) groups is 2. The first-order valence-electron chi connectivity index (χ1n) is 13.6. The van der Waals surface area contributed by atoms with Gasteiger partial charge in [-0.15, -0.1) is 0 Å². The topological polar surface area (TPSA) is 96.0 Å². The van der Waals surface area contributed by atoms with Gasteiger partial charge < -0.3 is 15.0 Å². The van der Waals surface area contributed by atoms with E-state index in [1.807, 2.05) is 58.0 Å². The highest BCUT2D eigenvalue weighted by Gasteiger charge is 2.33. The van der Waals surface area contributed by atoms with Crippen molar-refractivity contribution >= 4 is 27.5 Å². The number of rotatable bonds is 14. The standard InChI is InChI=1S/C31H39N3O5S/c1-5-21-32-31(36)29(6-2)33(22-25-11-9-8-10-12-25)30(35)23-34(26-15-17-27(18-16-26)39-7-3)40(37,38)28-19-13-24(4)14-20-28/h8-20,29H,5-7,21-23H2,1-4H3,(H,32,36). The molecule has 0 bridgehead atoms. The molecule has 40 heavy (non-hydrogen) atoms. The molecular weight excluding hydrogens is 526 g/mol. The number of sulfonamides is 1. The first-order valence-corrected chi connectivity index (χ1v) is 15.1. The van der Waals surface area contributed by atoms with Crippen LogP contribution in [0.4, 0.5) is 5.69 Å². The van der Waals surface area contributed by atoms with E-state index < -0.39 is 28.5 Å². The van der Waals surface area contributed by atoms with Gasteiger partial charge in [0.25, 0.3) is 10.0 Å². The molecule has 0 radical (unpaired) electrons. The maximum atomic E-state index is 14.0. The minimum atomic E-state index is -4.12. The average molecular weight is 566 g/mol. The van der Waals surface area contributed by atoms with E-state index in [9.17, 15) is 18.0 Å². The molecule has 1 N–H and O–H groups in total. The van der Waals surface area contributed by atoms with Gasteiger partial charge in [0.1, 0.15) is 18.3 Å². The normalized spacial score (nSPS) is 11.9. The number of hydrogen-bond donors (Lipinski definition) is 1. The number of ether oxygens (including phenoxy) is 1. The summed E-state index contributed by atoms with van der Waals surface area (Å²) in [5, 5.41) is 2.89. The van der Waals surface area contributed by atoms with Crippen molar-refractivity contribution in [2.45, 2.75) is 58.0 Å². The molecule has 3 aromatic rings. The Morgan fingerprint density at radius 1 is 0.900 bits per heavy atom. The predicted molar refractivity (Wildman–Crippen MR) is 158 cm³/mol. The lowest BCUT2D eigenvalue weighted by Gasteiger charge is -2.33. The fraction of sp³-hybridized carbons (Fsp3) is 0.355. The number of nitrogens with zero attached hydrogens (tertiary/aromatic N) is 2. The third-order valence-electron chi connectivity index (χ3n) is 6.45. The van der Waals surface area contributed by atoms with Crippen molar-refractivity contribution in [1.29, 1.82) is 0 Å². The number of aryl methyl sites for hydroxylation is 1. The van der Waals surface area contributed by atoms with Crippen LogP contribution >= 0.6 is 0 Å². The third-order valence-corrected chi connectivity index (χ3v) is 8.24. The quantitative estimate of drug-likeness (QED) is 0.299. The summed E-state index contributed by atoms with van der Waals surface area (Å²) in [7, 11) is -4.12. The first kappa shape index (κ1) is 30.7. The summed E-state index contributed by atoms with van der Waals surface area (Å²) in [5.74, 6) is -0.149. The molecule has 0 heterocycles. The lowest BCUT2D eigenvalue weighted by atomic mass is 10.1. The van der Waals surface area contributed by atoms with Crippen LogP contribution in [0.15, 0.2) is 83.8 Å². The maximum Gasteiger partial charge on any atom is 0.264 e. The second kappa shape index (κ2) is 14.5. The van der Waals surface area contributed by atoms with Crippen LogP contribution in [0.1, 0.15) is 44.7 Å². The van der Waals surface area contributed by atoms with Gasteiger partial charge in [0.05, 0.1) is 17.2 Å². The van der Waals surface area contributed by atoms with Crippen molar-refractivity contribution < 1.29 is 22.7 Å². The summed E-state index contributed by atoms with van der Waals surface area (Å²) in [6, 6.07) is 21.7. The van der Waals surface area contributed by atoms with E-state index in [0.717, 1.165) is 21.9 Å². The predicted octanol–water partition coefficient (Wildman–Crippen LogP) is 4.92. The van der Waals surface area contributed by atoms with E-state index >= 15 is 0 Å². The van der Waals surface area contributed by atoms with Gasteiger partial charge in [0.15, 0.2) is 0 Å². The Hall–Kier alpha value is -3.85. The molecule has 1 atom stereocenters. The number of amides is 2. The van der Waals surface area contributed by atoms with Crippen molar-refractivity contribution in [2.75, 3.05) is 24.0 Å². The molecule has 0 aliphatic rings. The highest BCUT2D eigenvalue weighted by atomic mass is 32.2. The minimum Gasteiger partial charge on any atom is -0.494 e. The van der Waals surface area contributed by atoms with Gasteiger partial charge in [-0.1, -0.05) is 61.9 Å². The Morgan fingerprint density at radius 2 is 1.55 bits per heavy atom. The summed E-state index contributed by atoms with van der Waals surface area (Å²) >= 11 is 0. The third kappa shape index (κ3) is 7.85. The molecule has 0 saturated heterocycles. The largest absolute Gasteiger partial charge is 0.494 e. The Bertz CT molecular complexity index is 1340. The van der Waals surface area contributed by atoms with Crippen molar-refractivity contribution in [3.05, 3.63) is 90.0 Å². The summed E-state index contributed by atoms with van der Waals surface area (Å²) in [6.07, 6.45) is 1.14. The Kier molecular flexibility index (Phi) is 11.1. The van der Waals surface area contributed by atoms with Gasteiger partial charge in [-0.25, -0.2) is 8.42 Å². The SMILES string of the molecule is CCCNC(=O)C(CC)N(Cc1ccccc1)C(=O)CN(c1ccc(OCC)cc1)S(=O)(=O)c1ccc(C)cc1. The van der Waals surface area contributed by atoms with Crippen LogP contribution in [-0.4, -0.2) is 50.9 Å². The van der Waals surface area contributed by atoms with Gasteiger partial charge in [0, 0.05) is 13.1 Å². The van der Waals surface area contributed by atoms with E-state index in [0.29, 0.717) is 31.0 Å². The van der Waals surface area contributed by atoms with E-state index in [1.165, 1.54) is 17.0 Å². The molecule has 3 aromatic carbocycles. The smallest absolute Gasteiger partial charge is 0.264 e. The van der Waals surface area contributed by atoms with Gasteiger partial charge >= 0.3 is 0 Å².